The summed E-state index contributed by atoms with van der Waals surface area (Å²) in [5.74, 6) is 0.713. The highest BCUT2D eigenvalue weighted by atomic mass is 16.6. The van der Waals surface area contributed by atoms with Gasteiger partial charge in [0.2, 0.25) is 0 Å². The lowest BCUT2D eigenvalue weighted by atomic mass is 10.1. The summed E-state index contributed by atoms with van der Waals surface area (Å²) in [4.78, 5) is 27.8. The monoisotopic (exact) mass is 420 g/mol. The molecule has 1 aliphatic rings. The van der Waals surface area contributed by atoms with Gasteiger partial charge < -0.3 is 19.5 Å². The minimum atomic E-state index is -0.453. The fourth-order valence-corrected chi connectivity index (χ4v) is 3.62. The van der Waals surface area contributed by atoms with Crippen molar-refractivity contribution in [3.8, 4) is 11.3 Å². The number of anilines is 2. The predicted molar refractivity (Wildman–Crippen MR) is 120 cm³/mol. The lowest BCUT2D eigenvalue weighted by Gasteiger charge is -2.34. The van der Waals surface area contributed by atoms with Gasteiger partial charge in [0.25, 0.3) is 11.6 Å². The standard InChI is InChI=1S/C23H24N4O4/c1-16-21(15-22(31-16)17-3-7-20(8-4-17)27(29)30)23(28)24-18-5-9-19(10-6-18)26-13-11-25(2)12-14-26/h3-10,15H,11-14H2,1-2H3,(H,24,28). The maximum atomic E-state index is 12.8. The SMILES string of the molecule is Cc1oc(-c2ccc([N+](=O)[O-])cc2)cc1C(=O)Nc1ccc(N2CCN(C)CC2)cc1. The summed E-state index contributed by atoms with van der Waals surface area (Å²) < 4.78 is 5.73. The molecule has 8 heteroatoms. The molecule has 31 heavy (non-hydrogen) atoms. The van der Waals surface area contributed by atoms with E-state index in [1.54, 1.807) is 25.1 Å². The number of nitrogens with one attached hydrogen (secondary N) is 1. The lowest BCUT2D eigenvalue weighted by Crippen LogP contribution is -2.44. The molecule has 3 aromatic rings. The Bertz CT molecular complexity index is 1080. The molecule has 2 aromatic carbocycles. The van der Waals surface area contributed by atoms with Crippen molar-refractivity contribution in [1.82, 2.24) is 4.90 Å². The van der Waals surface area contributed by atoms with Crippen LogP contribution < -0.4 is 10.2 Å². The molecule has 0 bridgehead atoms. The number of likely N-dealkylation sites (N-methyl/N-ethyl adjacent to an activating group) is 1. The van der Waals surface area contributed by atoms with Gasteiger partial charge in [-0.1, -0.05) is 0 Å². The first-order valence-corrected chi connectivity index (χ1v) is 10.1. The molecule has 0 aliphatic carbocycles. The number of nitro groups is 1. The highest BCUT2D eigenvalue weighted by Gasteiger charge is 2.18. The molecule has 160 valence electrons. The number of benzene rings is 2. The van der Waals surface area contributed by atoms with E-state index in [0.717, 1.165) is 31.9 Å². The van der Waals surface area contributed by atoms with E-state index in [0.29, 0.717) is 28.3 Å². The molecule has 2 heterocycles. The van der Waals surface area contributed by atoms with E-state index in [1.165, 1.54) is 12.1 Å². The fraction of sp³-hybridized carbons (Fsp3) is 0.261. The highest BCUT2D eigenvalue weighted by molar-refractivity contribution is 6.05. The number of hydrogen-bond acceptors (Lipinski definition) is 6. The maximum absolute atomic E-state index is 12.8. The molecule has 1 amide bonds. The highest BCUT2D eigenvalue weighted by Crippen LogP contribution is 2.28. The number of amides is 1. The van der Waals surface area contributed by atoms with Crippen molar-refractivity contribution in [2.45, 2.75) is 6.92 Å². The van der Waals surface area contributed by atoms with Crippen LogP contribution in [0.3, 0.4) is 0 Å². The van der Waals surface area contributed by atoms with Crippen molar-refractivity contribution >= 4 is 23.0 Å². The molecule has 4 rings (SSSR count). The second kappa shape index (κ2) is 8.61. The normalized spacial score (nSPS) is 14.5. The maximum Gasteiger partial charge on any atom is 0.269 e. The Morgan fingerprint density at radius 2 is 1.68 bits per heavy atom. The van der Waals surface area contributed by atoms with Crippen LogP contribution in [0.1, 0.15) is 16.1 Å². The van der Waals surface area contributed by atoms with Gasteiger partial charge in [-0.15, -0.1) is 0 Å². The summed E-state index contributed by atoms with van der Waals surface area (Å²) in [6, 6.07) is 15.5. The van der Waals surface area contributed by atoms with Crippen LogP contribution in [0.15, 0.2) is 59.0 Å². The number of nitrogens with zero attached hydrogens (tertiary/aromatic N) is 3. The molecule has 0 saturated carbocycles. The molecule has 0 radical (unpaired) electrons. The first-order valence-electron chi connectivity index (χ1n) is 10.1. The number of aryl methyl sites for hydroxylation is 1. The van der Waals surface area contributed by atoms with E-state index >= 15 is 0 Å². The molecule has 8 nitrogen and oxygen atoms in total. The molecule has 0 atom stereocenters. The Morgan fingerprint density at radius 3 is 2.29 bits per heavy atom. The average molecular weight is 420 g/mol. The van der Waals surface area contributed by atoms with Gasteiger partial charge in [0.1, 0.15) is 11.5 Å². The zero-order valence-corrected chi connectivity index (χ0v) is 17.5. The van der Waals surface area contributed by atoms with Crippen LogP contribution in [-0.4, -0.2) is 49.0 Å². The Labute approximate surface area is 180 Å². The predicted octanol–water partition coefficient (Wildman–Crippen LogP) is 4.17. The number of furan rings is 1. The van der Waals surface area contributed by atoms with E-state index in [1.807, 2.05) is 24.3 Å². The Kier molecular flexibility index (Phi) is 5.73. The van der Waals surface area contributed by atoms with Crippen LogP contribution in [-0.2, 0) is 0 Å². The lowest BCUT2D eigenvalue weighted by molar-refractivity contribution is -0.384. The Hall–Kier alpha value is -3.65. The topological polar surface area (TPSA) is 91.9 Å². The summed E-state index contributed by atoms with van der Waals surface area (Å²) in [6.45, 7) is 5.77. The molecule has 0 spiro atoms. The number of carbonyl (C=O) groups excluding carboxylic acids is 1. The van der Waals surface area contributed by atoms with Gasteiger partial charge in [-0.3, -0.25) is 14.9 Å². The van der Waals surface area contributed by atoms with E-state index in [4.69, 9.17) is 4.42 Å². The zero-order chi connectivity index (χ0) is 22.0. The number of piperazine rings is 1. The van der Waals surface area contributed by atoms with E-state index in [2.05, 4.69) is 22.2 Å². The van der Waals surface area contributed by atoms with Gasteiger partial charge in [-0.25, -0.2) is 0 Å². The third kappa shape index (κ3) is 4.59. The van der Waals surface area contributed by atoms with Crippen molar-refractivity contribution in [2.75, 3.05) is 43.4 Å². The molecular weight excluding hydrogens is 396 g/mol. The van der Waals surface area contributed by atoms with Gasteiger partial charge >= 0.3 is 0 Å². The van der Waals surface area contributed by atoms with Gasteiger partial charge in [0.05, 0.1) is 10.5 Å². The largest absolute Gasteiger partial charge is 0.461 e. The van der Waals surface area contributed by atoms with Crippen LogP contribution in [0, 0.1) is 17.0 Å². The number of carbonyl (C=O) groups is 1. The first-order chi connectivity index (χ1) is 14.9. The second-order valence-electron chi connectivity index (χ2n) is 7.68. The first kappa shape index (κ1) is 20.6. The van der Waals surface area contributed by atoms with Crippen molar-refractivity contribution in [3.05, 3.63) is 76.0 Å². The molecule has 1 aromatic heterocycles. The Balaban J connectivity index is 1.44. The third-order valence-electron chi connectivity index (χ3n) is 5.52. The van der Waals surface area contributed by atoms with Crippen molar-refractivity contribution < 1.29 is 14.1 Å². The van der Waals surface area contributed by atoms with Crippen molar-refractivity contribution in [3.63, 3.8) is 0 Å². The Morgan fingerprint density at radius 1 is 1.03 bits per heavy atom. The average Bonchev–Trinajstić information content (AvgIpc) is 3.17. The zero-order valence-electron chi connectivity index (χ0n) is 17.5. The molecule has 1 N–H and O–H groups in total. The van der Waals surface area contributed by atoms with Crippen LogP contribution in [0.5, 0.6) is 0 Å². The van der Waals surface area contributed by atoms with E-state index < -0.39 is 4.92 Å². The van der Waals surface area contributed by atoms with Crippen molar-refractivity contribution in [1.29, 1.82) is 0 Å². The molecule has 1 aliphatic heterocycles. The summed E-state index contributed by atoms with van der Waals surface area (Å²) in [6.07, 6.45) is 0. The number of nitro benzene ring substituents is 1. The molecule has 1 fully saturated rings. The number of rotatable bonds is 5. The molecule has 1 saturated heterocycles. The smallest absolute Gasteiger partial charge is 0.269 e. The molecular formula is C23H24N4O4. The minimum Gasteiger partial charge on any atom is -0.461 e. The summed E-state index contributed by atoms with van der Waals surface area (Å²) in [5.41, 5.74) is 2.96. The van der Waals surface area contributed by atoms with Crippen LogP contribution in [0.2, 0.25) is 0 Å². The van der Waals surface area contributed by atoms with Crippen molar-refractivity contribution in [2.24, 2.45) is 0 Å². The minimum absolute atomic E-state index is 0.00464. The number of non-ortho nitro benzene ring substituents is 1. The quantitative estimate of drug-likeness (QED) is 0.492. The van der Waals surface area contributed by atoms with Gasteiger partial charge in [-0.05, 0) is 56.4 Å². The fourth-order valence-electron chi connectivity index (χ4n) is 3.62. The molecule has 0 unspecified atom stereocenters. The summed E-state index contributed by atoms with van der Waals surface area (Å²) in [5, 5.41) is 13.7. The van der Waals surface area contributed by atoms with E-state index in [9.17, 15) is 14.9 Å². The third-order valence-corrected chi connectivity index (χ3v) is 5.52. The van der Waals surface area contributed by atoms with Crippen LogP contribution in [0.4, 0.5) is 17.1 Å². The summed E-state index contributed by atoms with van der Waals surface area (Å²) >= 11 is 0. The van der Waals surface area contributed by atoms with Gasteiger partial charge in [0.15, 0.2) is 0 Å². The van der Waals surface area contributed by atoms with E-state index in [-0.39, 0.29) is 11.6 Å². The van der Waals surface area contributed by atoms with Crippen LogP contribution in [0.25, 0.3) is 11.3 Å². The second-order valence-corrected chi connectivity index (χ2v) is 7.68. The van der Waals surface area contributed by atoms with Gasteiger partial charge in [0, 0.05) is 55.2 Å². The summed E-state index contributed by atoms with van der Waals surface area (Å²) in [7, 11) is 2.13. The van der Waals surface area contributed by atoms with Gasteiger partial charge in [-0.2, -0.15) is 0 Å². The number of hydrogen-bond donors (Lipinski definition) is 1. The van der Waals surface area contributed by atoms with Crippen LogP contribution >= 0.6 is 0 Å².